The molecule has 0 saturated carbocycles. The second-order valence-electron chi connectivity index (χ2n) is 7.80. The molecule has 0 bridgehead atoms. The summed E-state index contributed by atoms with van der Waals surface area (Å²) in [6, 6.07) is 15.1. The summed E-state index contributed by atoms with van der Waals surface area (Å²) in [6.07, 6.45) is 2.92. The lowest BCUT2D eigenvalue weighted by molar-refractivity contribution is 0.564. The van der Waals surface area contributed by atoms with Gasteiger partial charge in [-0.25, -0.2) is 8.42 Å². The maximum absolute atomic E-state index is 11.5. The third kappa shape index (κ3) is 4.15. The molecule has 0 aliphatic carbocycles. The van der Waals surface area contributed by atoms with Gasteiger partial charge >= 0.3 is 0 Å². The maximum Gasteiger partial charge on any atom is 0.229 e. The summed E-state index contributed by atoms with van der Waals surface area (Å²) in [6.45, 7) is 4.19. The van der Waals surface area contributed by atoms with Crippen LogP contribution >= 0.6 is 12.2 Å². The smallest absolute Gasteiger partial charge is 0.229 e. The van der Waals surface area contributed by atoms with Gasteiger partial charge in [-0.3, -0.25) is 9.71 Å². The predicted octanol–water partition coefficient (Wildman–Crippen LogP) is 3.59. The zero-order valence-corrected chi connectivity index (χ0v) is 19.5. The van der Waals surface area contributed by atoms with Crippen LogP contribution in [0.3, 0.4) is 0 Å². The van der Waals surface area contributed by atoms with Crippen molar-refractivity contribution in [1.29, 1.82) is 0 Å². The van der Waals surface area contributed by atoms with Crippen molar-refractivity contribution in [3.05, 3.63) is 77.4 Å². The third-order valence-corrected chi connectivity index (χ3v) is 6.60. The quantitative estimate of drug-likeness (QED) is 0.573. The summed E-state index contributed by atoms with van der Waals surface area (Å²) in [4.78, 5) is 6.66. The lowest BCUT2D eigenvalue weighted by atomic mass is 9.96. The Morgan fingerprint density at radius 2 is 1.84 bits per heavy atom. The summed E-state index contributed by atoms with van der Waals surface area (Å²) >= 11 is 5.75. The van der Waals surface area contributed by atoms with Crippen LogP contribution in [0, 0.1) is 13.8 Å². The Morgan fingerprint density at radius 3 is 2.39 bits per heavy atom. The van der Waals surface area contributed by atoms with E-state index in [-0.39, 0.29) is 12.1 Å². The SMILES string of the molecule is Cc1cc([C@@H]2[C@@H](c3ccccn3)NC(=S)N2c2ccc(NS(C)(=O)=O)cc2)c(C)n1C. The molecule has 2 atom stereocenters. The Hall–Kier alpha value is -2.91. The molecule has 0 amide bonds. The van der Waals surface area contributed by atoms with Crippen LogP contribution in [0.25, 0.3) is 0 Å². The number of anilines is 2. The van der Waals surface area contributed by atoms with E-state index in [2.05, 4.69) is 51.5 Å². The highest BCUT2D eigenvalue weighted by Crippen LogP contribution is 2.43. The molecule has 9 heteroatoms. The van der Waals surface area contributed by atoms with E-state index in [0.717, 1.165) is 29.0 Å². The molecule has 2 N–H and O–H groups in total. The van der Waals surface area contributed by atoms with Crippen molar-refractivity contribution in [3.8, 4) is 0 Å². The molecular formula is C22H25N5O2S2. The molecule has 31 heavy (non-hydrogen) atoms. The summed E-state index contributed by atoms with van der Waals surface area (Å²) < 4.78 is 27.8. The minimum absolute atomic E-state index is 0.101. The van der Waals surface area contributed by atoms with Crippen molar-refractivity contribution in [2.45, 2.75) is 25.9 Å². The second kappa shape index (κ2) is 7.97. The fourth-order valence-electron chi connectivity index (χ4n) is 4.04. The fraction of sp³-hybridized carbons (Fsp3) is 0.273. The summed E-state index contributed by atoms with van der Waals surface area (Å²) in [7, 11) is -1.28. The predicted molar refractivity (Wildman–Crippen MR) is 128 cm³/mol. The van der Waals surface area contributed by atoms with Crippen molar-refractivity contribution in [2.24, 2.45) is 7.05 Å². The van der Waals surface area contributed by atoms with Crippen LogP contribution in [0.15, 0.2) is 54.7 Å². The second-order valence-corrected chi connectivity index (χ2v) is 9.94. The first-order valence-corrected chi connectivity index (χ1v) is 12.2. The fourth-order valence-corrected chi connectivity index (χ4v) is 4.95. The molecule has 0 spiro atoms. The maximum atomic E-state index is 11.5. The monoisotopic (exact) mass is 455 g/mol. The van der Waals surface area contributed by atoms with Crippen LogP contribution in [0.2, 0.25) is 0 Å². The summed E-state index contributed by atoms with van der Waals surface area (Å²) in [5.74, 6) is 0. The lowest BCUT2D eigenvalue weighted by Crippen LogP contribution is -2.29. The number of nitrogens with one attached hydrogen (secondary N) is 2. The van der Waals surface area contributed by atoms with E-state index in [1.165, 1.54) is 5.56 Å². The molecule has 1 aliphatic rings. The molecule has 3 heterocycles. The minimum atomic E-state index is -3.34. The Morgan fingerprint density at radius 1 is 1.13 bits per heavy atom. The van der Waals surface area contributed by atoms with E-state index in [9.17, 15) is 8.42 Å². The third-order valence-electron chi connectivity index (χ3n) is 5.68. The lowest BCUT2D eigenvalue weighted by Gasteiger charge is -2.28. The standard InChI is InChI=1S/C22H25N5O2S2/c1-14-13-18(15(2)26(14)3)21-20(19-7-5-6-12-23-19)24-22(30)27(21)17-10-8-16(9-11-17)25-31(4,28)29/h5-13,20-21,25H,1-4H3,(H,24,30)/t20-,21-/m1/s1. The van der Waals surface area contributed by atoms with Crippen molar-refractivity contribution in [2.75, 3.05) is 15.9 Å². The van der Waals surface area contributed by atoms with Gasteiger partial charge in [-0.05, 0) is 74.1 Å². The number of nitrogens with zero attached hydrogens (tertiary/aromatic N) is 3. The van der Waals surface area contributed by atoms with Gasteiger partial charge in [0.2, 0.25) is 10.0 Å². The molecule has 1 saturated heterocycles. The Kier molecular flexibility index (Phi) is 5.49. The normalized spacial score (nSPS) is 18.8. The van der Waals surface area contributed by atoms with Gasteiger partial charge in [0.05, 0.1) is 24.0 Å². The van der Waals surface area contributed by atoms with Gasteiger partial charge in [0.15, 0.2) is 5.11 Å². The van der Waals surface area contributed by atoms with E-state index in [1.54, 1.807) is 18.3 Å². The zero-order chi connectivity index (χ0) is 22.3. The number of pyridine rings is 1. The highest BCUT2D eigenvalue weighted by atomic mass is 32.2. The number of hydrogen-bond donors (Lipinski definition) is 2. The molecule has 2 aromatic heterocycles. The molecule has 7 nitrogen and oxygen atoms in total. The number of hydrogen-bond acceptors (Lipinski definition) is 4. The first-order chi connectivity index (χ1) is 14.7. The van der Waals surface area contributed by atoms with E-state index in [1.807, 2.05) is 30.3 Å². The van der Waals surface area contributed by atoms with Gasteiger partial charge < -0.3 is 14.8 Å². The molecule has 1 fully saturated rings. The zero-order valence-electron chi connectivity index (χ0n) is 17.8. The van der Waals surface area contributed by atoms with Crippen molar-refractivity contribution in [1.82, 2.24) is 14.9 Å². The first kappa shape index (κ1) is 21.3. The summed E-state index contributed by atoms with van der Waals surface area (Å²) in [5, 5.41) is 4.05. The largest absolute Gasteiger partial charge is 0.352 e. The Labute approximate surface area is 188 Å². The van der Waals surface area contributed by atoms with E-state index in [4.69, 9.17) is 12.2 Å². The molecule has 4 rings (SSSR count). The number of sulfonamides is 1. The van der Waals surface area contributed by atoms with Crippen LogP contribution in [-0.4, -0.2) is 29.3 Å². The molecule has 1 aliphatic heterocycles. The minimum Gasteiger partial charge on any atom is -0.352 e. The molecule has 1 aromatic carbocycles. The highest BCUT2D eigenvalue weighted by molar-refractivity contribution is 7.92. The van der Waals surface area contributed by atoms with E-state index < -0.39 is 10.0 Å². The number of aromatic nitrogens is 2. The number of aryl methyl sites for hydroxylation is 1. The van der Waals surface area contributed by atoms with Crippen molar-refractivity contribution in [3.63, 3.8) is 0 Å². The average Bonchev–Trinajstić information content (AvgIpc) is 3.19. The Bertz CT molecular complexity index is 1220. The van der Waals surface area contributed by atoms with Crippen LogP contribution in [0.1, 0.15) is 34.7 Å². The van der Waals surface area contributed by atoms with Gasteiger partial charge in [0.25, 0.3) is 0 Å². The molecule has 0 unspecified atom stereocenters. The average molecular weight is 456 g/mol. The molecule has 0 radical (unpaired) electrons. The van der Waals surface area contributed by atoms with Crippen molar-refractivity contribution >= 4 is 38.7 Å². The van der Waals surface area contributed by atoms with E-state index in [0.29, 0.717) is 10.8 Å². The van der Waals surface area contributed by atoms with Gasteiger partial charge in [0, 0.05) is 36.0 Å². The molecule has 162 valence electrons. The number of rotatable bonds is 5. The van der Waals surface area contributed by atoms with Crippen molar-refractivity contribution < 1.29 is 8.42 Å². The van der Waals surface area contributed by atoms with Gasteiger partial charge in [0.1, 0.15) is 0 Å². The van der Waals surface area contributed by atoms with E-state index >= 15 is 0 Å². The van der Waals surface area contributed by atoms with Crippen LogP contribution in [0.4, 0.5) is 11.4 Å². The summed E-state index contributed by atoms with van der Waals surface area (Å²) in [5.41, 5.74) is 5.79. The molecular weight excluding hydrogens is 430 g/mol. The topological polar surface area (TPSA) is 79.3 Å². The van der Waals surface area contributed by atoms with Crippen LogP contribution in [0.5, 0.6) is 0 Å². The first-order valence-electron chi connectivity index (χ1n) is 9.87. The van der Waals surface area contributed by atoms with Crippen LogP contribution < -0.4 is 14.9 Å². The number of benzene rings is 1. The van der Waals surface area contributed by atoms with Crippen LogP contribution in [-0.2, 0) is 17.1 Å². The van der Waals surface area contributed by atoms with Gasteiger partial charge in [-0.1, -0.05) is 6.07 Å². The number of thiocarbonyl (C=S) groups is 1. The van der Waals surface area contributed by atoms with Gasteiger partial charge in [-0.15, -0.1) is 0 Å². The van der Waals surface area contributed by atoms with Gasteiger partial charge in [-0.2, -0.15) is 0 Å². The highest BCUT2D eigenvalue weighted by Gasteiger charge is 2.42. The Balaban J connectivity index is 1.80. The molecule has 3 aromatic rings.